The summed E-state index contributed by atoms with van der Waals surface area (Å²) in [7, 11) is 1.42. The predicted molar refractivity (Wildman–Crippen MR) is 71.7 cm³/mol. The van der Waals surface area contributed by atoms with Crippen LogP contribution in [0.25, 0.3) is 0 Å². The van der Waals surface area contributed by atoms with Crippen molar-refractivity contribution < 1.29 is 19.4 Å². The molecule has 1 fully saturated rings. The number of ether oxygens (including phenoxy) is 1. The van der Waals surface area contributed by atoms with Gasteiger partial charge in [0.2, 0.25) is 5.91 Å². The van der Waals surface area contributed by atoms with Gasteiger partial charge in [0.25, 0.3) is 0 Å². The lowest BCUT2D eigenvalue weighted by Crippen LogP contribution is -2.48. The molecule has 5 nitrogen and oxygen atoms in total. The van der Waals surface area contributed by atoms with Crippen LogP contribution < -0.4 is 5.32 Å². The molecule has 3 unspecified atom stereocenters. The number of carbonyl (C=O) groups is 2. The Balaban J connectivity index is 2.63. The van der Waals surface area contributed by atoms with E-state index >= 15 is 0 Å². The number of carboxylic acids is 1. The molecule has 5 heteroatoms. The molecular formula is C14H25NO4. The number of hydrogen-bond donors (Lipinski definition) is 2. The van der Waals surface area contributed by atoms with Gasteiger partial charge in [0.15, 0.2) is 6.04 Å². The quantitative estimate of drug-likeness (QED) is 0.797. The maximum absolute atomic E-state index is 12.2. The van der Waals surface area contributed by atoms with Gasteiger partial charge in [0.05, 0.1) is 6.61 Å². The molecule has 1 amide bonds. The maximum atomic E-state index is 12.2. The van der Waals surface area contributed by atoms with Crippen LogP contribution in [0.1, 0.15) is 40.0 Å². The number of carbonyl (C=O) groups excluding carboxylic acids is 1. The van der Waals surface area contributed by atoms with Gasteiger partial charge >= 0.3 is 5.97 Å². The monoisotopic (exact) mass is 271 g/mol. The largest absolute Gasteiger partial charge is 0.480 e. The number of hydrogen-bond acceptors (Lipinski definition) is 3. The van der Waals surface area contributed by atoms with Crippen LogP contribution in [0.3, 0.4) is 0 Å². The standard InChI is InChI=1S/C14H25NO4/c1-9-5-10(7-14(2,3)6-9)12(16)15-11(8-19-4)13(17)18/h9-11H,5-8H2,1-4H3,(H,15,16)(H,17,18). The number of aliphatic carboxylic acids is 1. The first-order valence-electron chi connectivity index (χ1n) is 6.77. The van der Waals surface area contributed by atoms with E-state index in [1.165, 1.54) is 7.11 Å². The molecule has 0 spiro atoms. The molecule has 1 saturated carbocycles. The number of carboxylic acid groups (broad SMARTS) is 1. The smallest absolute Gasteiger partial charge is 0.328 e. The number of nitrogens with one attached hydrogen (secondary N) is 1. The van der Waals surface area contributed by atoms with E-state index in [4.69, 9.17) is 9.84 Å². The second kappa shape index (κ2) is 6.37. The molecule has 0 heterocycles. The molecular weight excluding hydrogens is 246 g/mol. The van der Waals surface area contributed by atoms with E-state index in [-0.39, 0.29) is 23.8 Å². The summed E-state index contributed by atoms with van der Waals surface area (Å²) in [6.45, 7) is 6.46. The highest BCUT2D eigenvalue weighted by Crippen LogP contribution is 2.41. The van der Waals surface area contributed by atoms with Crippen LogP contribution >= 0.6 is 0 Å². The lowest BCUT2D eigenvalue weighted by molar-refractivity contribution is -0.144. The van der Waals surface area contributed by atoms with Crippen LogP contribution in [0.4, 0.5) is 0 Å². The SMILES string of the molecule is COCC(NC(=O)C1CC(C)CC(C)(C)C1)C(=O)O. The summed E-state index contributed by atoms with van der Waals surface area (Å²) >= 11 is 0. The molecule has 19 heavy (non-hydrogen) atoms. The molecule has 0 aromatic rings. The Morgan fingerprint density at radius 1 is 1.42 bits per heavy atom. The first kappa shape index (κ1) is 16.0. The highest BCUT2D eigenvalue weighted by atomic mass is 16.5. The van der Waals surface area contributed by atoms with Gasteiger partial charge in [-0.15, -0.1) is 0 Å². The van der Waals surface area contributed by atoms with Crippen molar-refractivity contribution in [2.75, 3.05) is 13.7 Å². The lowest BCUT2D eigenvalue weighted by atomic mass is 9.68. The fourth-order valence-corrected chi connectivity index (χ4v) is 3.18. The molecule has 1 aliphatic carbocycles. The topological polar surface area (TPSA) is 75.6 Å². The molecule has 2 N–H and O–H groups in total. The highest BCUT2D eigenvalue weighted by Gasteiger charge is 2.36. The lowest BCUT2D eigenvalue weighted by Gasteiger charge is -2.38. The molecule has 1 rings (SSSR count). The fourth-order valence-electron chi connectivity index (χ4n) is 3.18. The van der Waals surface area contributed by atoms with Crippen molar-refractivity contribution in [3.63, 3.8) is 0 Å². The van der Waals surface area contributed by atoms with Gasteiger partial charge in [-0.25, -0.2) is 4.79 Å². The fraction of sp³-hybridized carbons (Fsp3) is 0.857. The van der Waals surface area contributed by atoms with Crippen LogP contribution in [0.5, 0.6) is 0 Å². The van der Waals surface area contributed by atoms with E-state index in [2.05, 4.69) is 26.1 Å². The van der Waals surface area contributed by atoms with Crippen molar-refractivity contribution >= 4 is 11.9 Å². The summed E-state index contributed by atoms with van der Waals surface area (Å²) in [5.74, 6) is -0.829. The molecule has 3 atom stereocenters. The van der Waals surface area contributed by atoms with Crippen LogP contribution in [0, 0.1) is 17.3 Å². The van der Waals surface area contributed by atoms with Crippen molar-refractivity contribution in [1.82, 2.24) is 5.32 Å². The number of amides is 1. The Kier molecular flexibility index (Phi) is 5.35. The second-order valence-electron chi connectivity index (χ2n) is 6.47. The normalized spacial score (nSPS) is 27.6. The minimum Gasteiger partial charge on any atom is -0.480 e. The Bertz CT molecular complexity index is 340. The summed E-state index contributed by atoms with van der Waals surface area (Å²) < 4.78 is 4.82. The Morgan fingerprint density at radius 3 is 2.53 bits per heavy atom. The summed E-state index contributed by atoms with van der Waals surface area (Å²) in [5.41, 5.74) is 0.139. The van der Waals surface area contributed by atoms with Crippen LogP contribution in [-0.4, -0.2) is 36.7 Å². The second-order valence-corrected chi connectivity index (χ2v) is 6.47. The van der Waals surface area contributed by atoms with Gasteiger partial charge in [-0.1, -0.05) is 20.8 Å². The summed E-state index contributed by atoms with van der Waals surface area (Å²) in [6.07, 6.45) is 2.74. The third kappa shape index (κ3) is 4.82. The minimum atomic E-state index is -1.06. The minimum absolute atomic E-state index is 0.00720. The molecule has 0 aromatic carbocycles. The summed E-state index contributed by atoms with van der Waals surface area (Å²) in [6, 6.07) is -0.960. The maximum Gasteiger partial charge on any atom is 0.328 e. The zero-order chi connectivity index (χ0) is 14.6. The van der Waals surface area contributed by atoms with E-state index in [0.29, 0.717) is 5.92 Å². The first-order valence-corrected chi connectivity index (χ1v) is 6.77. The van der Waals surface area contributed by atoms with Gasteiger partial charge in [0, 0.05) is 13.0 Å². The van der Waals surface area contributed by atoms with E-state index in [9.17, 15) is 9.59 Å². The molecule has 0 radical (unpaired) electrons. The Morgan fingerprint density at radius 2 is 2.05 bits per heavy atom. The number of methoxy groups -OCH3 is 1. The Hall–Kier alpha value is -1.10. The zero-order valence-electron chi connectivity index (χ0n) is 12.2. The van der Waals surface area contributed by atoms with Gasteiger partial charge in [-0.3, -0.25) is 4.79 Å². The average molecular weight is 271 g/mol. The third-order valence-electron chi connectivity index (χ3n) is 3.71. The van der Waals surface area contributed by atoms with Crippen molar-refractivity contribution in [2.24, 2.45) is 17.3 Å². The molecule has 0 saturated heterocycles. The first-order chi connectivity index (χ1) is 8.75. The number of rotatable bonds is 5. The third-order valence-corrected chi connectivity index (χ3v) is 3.71. The van der Waals surface area contributed by atoms with Crippen LogP contribution in [-0.2, 0) is 14.3 Å². The molecule has 0 bridgehead atoms. The summed E-state index contributed by atoms with van der Waals surface area (Å²) in [5, 5.41) is 11.6. The molecule has 0 aliphatic heterocycles. The molecule has 1 aliphatic rings. The van der Waals surface area contributed by atoms with E-state index in [1.807, 2.05) is 0 Å². The van der Waals surface area contributed by atoms with E-state index < -0.39 is 12.0 Å². The van der Waals surface area contributed by atoms with Gasteiger partial charge < -0.3 is 15.2 Å². The van der Waals surface area contributed by atoms with Gasteiger partial charge in [0.1, 0.15) is 0 Å². The predicted octanol–water partition coefficient (Wildman–Crippen LogP) is 1.66. The Labute approximate surface area is 114 Å². The van der Waals surface area contributed by atoms with Crippen molar-refractivity contribution in [3.8, 4) is 0 Å². The van der Waals surface area contributed by atoms with Crippen LogP contribution in [0.2, 0.25) is 0 Å². The zero-order valence-corrected chi connectivity index (χ0v) is 12.2. The average Bonchev–Trinajstić information content (AvgIpc) is 2.25. The highest BCUT2D eigenvalue weighted by molar-refractivity contribution is 5.85. The molecule has 0 aromatic heterocycles. The summed E-state index contributed by atoms with van der Waals surface area (Å²) in [4.78, 5) is 23.2. The van der Waals surface area contributed by atoms with Crippen molar-refractivity contribution in [3.05, 3.63) is 0 Å². The van der Waals surface area contributed by atoms with E-state index in [1.54, 1.807) is 0 Å². The molecule has 110 valence electrons. The van der Waals surface area contributed by atoms with Gasteiger partial charge in [-0.05, 0) is 30.6 Å². The van der Waals surface area contributed by atoms with Gasteiger partial charge in [-0.2, -0.15) is 0 Å². The van der Waals surface area contributed by atoms with Crippen LogP contribution in [0.15, 0.2) is 0 Å². The van der Waals surface area contributed by atoms with Crippen molar-refractivity contribution in [2.45, 2.75) is 46.1 Å². The van der Waals surface area contributed by atoms with E-state index in [0.717, 1.165) is 19.3 Å². The van der Waals surface area contributed by atoms with Crippen molar-refractivity contribution in [1.29, 1.82) is 0 Å².